The van der Waals surface area contributed by atoms with Crippen molar-refractivity contribution in [1.82, 2.24) is 24.5 Å². The fourth-order valence-electron chi connectivity index (χ4n) is 2.86. The molecular weight excluding hydrogens is 363 g/mol. The first-order valence-corrected chi connectivity index (χ1v) is 8.51. The number of fused-ring (bicyclic) bond motifs is 1. The SMILES string of the molecule is Nc1nc(F)nc2c1ncn2Cc1cccc(COc2cncc(CO)c2)c1. The van der Waals surface area contributed by atoms with Crippen molar-refractivity contribution in [2.75, 3.05) is 5.73 Å². The summed E-state index contributed by atoms with van der Waals surface area (Å²) in [5, 5.41) is 9.17. The van der Waals surface area contributed by atoms with E-state index in [4.69, 9.17) is 10.5 Å². The quantitative estimate of drug-likeness (QED) is 0.492. The van der Waals surface area contributed by atoms with Crippen molar-refractivity contribution >= 4 is 17.0 Å². The van der Waals surface area contributed by atoms with E-state index in [1.165, 1.54) is 0 Å². The fraction of sp³-hybridized carbons (Fsp3) is 0.158. The first kappa shape index (κ1) is 17.8. The van der Waals surface area contributed by atoms with Gasteiger partial charge in [-0.05, 0) is 22.8 Å². The second kappa shape index (κ2) is 7.57. The van der Waals surface area contributed by atoms with E-state index in [1.54, 1.807) is 29.4 Å². The summed E-state index contributed by atoms with van der Waals surface area (Å²) in [7, 11) is 0. The largest absolute Gasteiger partial charge is 0.487 e. The van der Waals surface area contributed by atoms with Gasteiger partial charge in [0.2, 0.25) is 0 Å². The van der Waals surface area contributed by atoms with Crippen LogP contribution in [-0.4, -0.2) is 29.6 Å². The minimum atomic E-state index is -0.882. The number of nitrogens with two attached hydrogens (primary N) is 1. The van der Waals surface area contributed by atoms with Crippen molar-refractivity contribution in [2.24, 2.45) is 0 Å². The minimum absolute atomic E-state index is 0.0159. The number of nitrogen functional groups attached to an aromatic ring is 1. The molecule has 0 amide bonds. The third kappa shape index (κ3) is 3.74. The summed E-state index contributed by atoms with van der Waals surface area (Å²) in [4.78, 5) is 15.5. The number of imidazole rings is 1. The lowest BCUT2D eigenvalue weighted by Crippen LogP contribution is -2.04. The third-order valence-electron chi connectivity index (χ3n) is 4.17. The van der Waals surface area contributed by atoms with E-state index in [0.717, 1.165) is 11.1 Å². The molecule has 0 atom stereocenters. The smallest absolute Gasteiger partial charge is 0.312 e. The molecule has 0 saturated heterocycles. The molecule has 4 rings (SSSR count). The van der Waals surface area contributed by atoms with Crippen LogP contribution in [0.25, 0.3) is 11.2 Å². The Kier molecular flexibility index (Phi) is 4.81. The Labute approximate surface area is 159 Å². The van der Waals surface area contributed by atoms with Crippen LogP contribution in [0.3, 0.4) is 0 Å². The molecule has 0 saturated carbocycles. The maximum absolute atomic E-state index is 13.5. The Morgan fingerprint density at radius 1 is 1.11 bits per heavy atom. The Morgan fingerprint density at radius 2 is 1.96 bits per heavy atom. The Bertz CT molecular complexity index is 1130. The van der Waals surface area contributed by atoms with Crippen LogP contribution in [-0.2, 0) is 19.8 Å². The van der Waals surface area contributed by atoms with Gasteiger partial charge in [0.05, 0.1) is 25.7 Å². The van der Waals surface area contributed by atoms with E-state index in [2.05, 4.69) is 19.9 Å². The minimum Gasteiger partial charge on any atom is -0.487 e. The molecular formula is C19H17FN6O2. The molecule has 0 unspecified atom stereocenters. The van der Waals surface area contributed by atoms with Crippen LogP contribution in [0.15, 0.2) is 49.1 Å². The molecule has 0 aliphatic heterocycles. The number of aromatic nitrogens is 5. The van der Waals surface area contributed by atoms with Crippen molar-refractivity contribution in [2.45, 2.75) is 19.8 Å². The van der Waals surface area contributed by atoms with E-state index in [1.807, 2.05) is 24.3 Å². The molecule has 0 bridgehead atoms. The van der Waals surface area contributed by atoms with Gasteiger partial charge < -0.3 is 20.1 Å². The van der Waals surface area contributed by atoms with Crippen LogP contribution in [0, 0.1) is 6.08 Å². The van der Waals surface area contributed by atoms with Gasteiger partial charge in [-0.25, -0.2) is 4.98 Å². The van der Waals surface area contributed by atoms with Gasteiger partial charge in [0, 0.05) is 6.20 Å². The molecule has 4 aromatic rings. The lowest BCUT2D eigenvalue weighted by atomic mass is 10.1. The normalized spacial score (nSPS) is 11.1. The maximum atomic E-state index is 13.5. The van der Waals surface area contributed by atoms with Gasteiger partial charge in [0.25, 0.3) is 0 Å². The third-order valence-corrected chi connectivity index (χ3v) is 4.17. The van der Waals surface area contributed by atoms with Gasteiger partial charge in [0.1, 0.15) is 17.9 Å². The predicted molar refractivity (Wildman–Crippen MR) is 99.7 cm³/mol. The first-order chi connectivity index (χ1) is 13.6. The van der Waals surface area contributed by atoms with E-state index in [9.17, 15) is 9.50 Å². The zero-order valence-corrected chi connectivity index (χ0v) is 14.8. The van der Waals surface area contributed by atoms with E-state index < -0.39 is 6.08 Å². The number of aliphatic hydroxyl groups is 1. The number of hydrogen-bond donors (Lipinski definition) is 2. The number of pyridine rings is 1. The number of benzene rings is 1. The van der Waals surface area contributed by atoms with Crippen LogP contribution in [0.4, 0.5) is 10.2 Å². The Balaban J connectivity index is 1.51. The van der Waals surface area contributed by atoms with E-state index in [-0.39, 0.29) is 12.4 Å². The molecule has 142 valence electrons. The second-order valence-electron chi connectivity index (χ2n) is 6.22. The lowest BCUT2D eigenvalue weighted by molar-refractivity contribution is 0.277. The van der Waals surface area contributed by atoms with Crippen LogP contribution in [0.5, 0.6) is 5.75 Å². The zero-order chi connectivity index (χ0) is 19.5. The maximum Gasteiger partial charge on any atom is 0.312 e. The number of nitrogens with zero attached hydrogens (tertiary/aromatic N) is 5. The molecule has 9 heteroatoms. The van der Waals surface area contributed by atoms with E-state index in [0.29, 0.717) is 35.6 Å². The van der Waals surface area contributed by atoms with Crippen LogP contribution in [0.1, 0.15) is 16.7 Å². The molecule has 3 N–H and O–H groups in total. The number of aliphatic hydroxyl groups excluding tert-OH is 1. The van der Waals surface area contributed by atoms with Crippen molar-refractivity contribution < 1.29 is 14.2 Å². The fourth-order valence-corrected chi connectivity index (χ4v) is 2.86. The van der Waals surface area contributed by atoms with Crippen molar-refractivity contribution in [3.8, 4) is 5.75 Å². The van der Waals surface area contributed by atoms with Crippen molar-refractivity contribution in [1.29, 1.82) is 0 Å². The average molecular weight is 380 g/mol. The predicted octanol–water partition coefficient (Wildman–Crippen LogP) is 2.06. The molecule has 28 heavy (non-hydrogen) atoms. The monoisotopic (exact) mass is 380 g/mol. The zero-order valence-electron chi connectivity index (χ0n) is 14.8. The number of ether oxygens (including phenoxy) is 1. The average Bonchev–Trinajstić information content (AvgIpc) is 3.10. The molecule has 0 radical (unpaired) electrons. The lowest BCUT2D eigenvalue weighted by Gasteiger charge is -2.09. The van der Waals surface area contributed by atoms with Gasteiger partial charge in [-0.1, -0.05) is 24.3 Å². The van der Waals surface area contributed by atoms with Gasteiger partial charge >= 0.3 is 6.08 Å². The number of halogens is 1. The number of anilines is 1. The summed E-state index contributed by atoms with van der Waals surface area (Å²) in [6, 6.07) is 9.53. The summed E-state index contributed by atoms with van der Waals surface area (Å²) in [6.07, 6.45) is 3.86. The Hall–Kier alpha value is -3.59. The van der Waals surface area contributed by atoms with E-state index >= 15 is 0 Å². The highest BCUT2D eigenvalue weighted by Gasteiger charge is 2.11. The van der Waals surface area contributed by atoms with Gasteiger partial charge in [0.15, 0.2) is 11.5 Å². The first-order valence-electron chi connectivity index (χ1n) is 8.51. The van der Waals surface area contributed by atoms with Crippen molar-refractivity contribution in [3.05, 3.63) is 71.8 Å². The molecule has 0 fully saturated rings. The molecule has 1 aromatic carbocycles. The second-order valence-corrected chi connectivity index (χ2v) is 6.22. The number of hydrogen-bond acceptors (Lipinski definition) is 7. The van der Waals surface area contributed by atoms with Gasteiger partial charge in [-0.15, -0.1) is 0 Å². The van der Waals surface area contributed by atoms with Crippen LogP contribution >= 0.6 is 0 Å². The Morgan fingerprint density at radius 3 is 2.82 bits per heavy atom. The summed E-state index contributed by atoms with van der Waals surface area (Å²) >= 11 is 0. The molecule has 0 spiro atoms. The summed E-state index contributed by atoms with van der Waals surface area (Å²) in [6.45, 7) is 0.702. The molecule has 0 aliphatic rings. The summed E-state index contributed by atoms with van der Waals surface area (Å²) in [5.41, 5.74) is 9.03. The standard InChI is InChI=1S/C19H17FN6O2/c20-19-24-17(21)16-18(25-19)26(11-23-16)8-12-2-1-3-13(4-12)10-28-15-5-14(9-27)6-22-7-15/h1-7,11,27H,8-10H2,(H2,21,24,25). The summed E-state index contributed by atoms with van der Waals surface area (Å²) < 4.78 is 21.0. The van der Waals surface area contributed by atoms with Gasteiger partial charge in [-0.2, -0.15) is 14.4 Å². The molecule has 3 heterocycles. The molecule has 0 aliphatic carbocycles. The van der Waals surface area contributed by atoms with Gasteiger partial charge in [-0.3, -0.25) is 4.98 Å². The van der Waals surface area contributed by atoms with Crippen molar-refractivity contribution in [3.63, 3.8) is 0 Å². The number of rotatable bonds is 6. The highest BCUT2D eigenvalue weighted by atomic mass is 19.1. The molecule has 8 nitrogen and oxygen atoms in total. The van der Waals surface area contributed by atoms with Crippen LogP contribution < -0.4 is 10.5 Å². The summed E-state index contributed by atoms with van der Waals surface area (Å²) in [5.74, 6) is 0.599. The highest BCUT2D eigenvalue weighted by molar-refractivity contribution is 5.81. The molecule has 3 aromatic heterocycles. The highest BCUT2D eigenvalue weighted by Crippen LogP contribution is 2.18. The van der Waals surface area contributed by atoms with Crippen LogP contribution in [0.2, 0.25) is 0 Å². The topological polar surface area (TPSA) is 112 Å².